The van der Waals surface area contributed by atoms with E-state index < -0.39 is 0 Å². The zero-order chi connectivity index (χ0) is 15.7. The second-order valence-corrected chi connectivity index (χ2v) is 6.78. The Hall–Kier alpha value is -1.84. The van der Waals surface area contributed by atoms with Gasteiger partial charge in [0.2, 0.25) is 0 Å². The van der Waals surface area contributed by atoms with Gasteiger partial charge in [0, 0.05) is 28.4 Å². The molecular formula is C19H20ClN3. The SMILES string of the molecule is Clc1ccc2c(c1)C(c1ccccc1)=NC1(CCNCC1)CN2. The van der Waals surface area contributed by atoms with E-state index in [-0.39, 0.29) is 5.54 Å². The molecule has 0 amide bonds. The lowest BCUT2D eigenvalue weighted by molar-refractivity contribution is 0.330. The van der Waals surface area contributed by atoms with E-state index in [9.17, 15) is 0 Å². The third-order valence-electron chi connectivity index (χ3n) is 4.78. The molecule has 0 unspecified atom stereocenters. The number of rotatable bonds is 1. The molecule has 0 aromatic heterocycles. The number of fused-ring (bicyclic) bond motifs is 1. The maximum Gasteiger partial charge on any atom is 0.0811 e. The van der Waals surface area contributed by atoms with Gasteiger partial charge in [0.15, 0.2) is 0 Å². The molecule has 4 heteroatoms. The van der Waals surface area contributed by atoms with Crippen LogP contribution in [0.2, 0.25) is 5.02 Å². The van der Waals surface area contributed by atoms with Crippen molar-refractivity contribution in [3.8, 4) is 0 Å². The first kappa shape index (κ1) is 14.7. The Morgan fingerprint density at radius 3 is 2.57 bits per heavy atom. The van der Waals surface area contributed by atoms with Crippen LogP contribution >= 0.6 is 11.6 Å². The number of nitrogens with zero attached hydrogens (tertiary/aromatic N) is 1. The van der Waals surface area contributed by atoms with Crippen molar-refractivity contribution >= 4 is 23.0 Å². The summed E-state index contributed by atoms with van der Waals surface area (Å²) in [6.45, 7) is 2.91. The maximum absolute atomic E-state index is 6.27. The molecule has 3 nitrogen and oxygen atoms in total. The van der Waals surface area contributed by atoms with Gasteiger partial charge in [0.25, 0.3) is 0 Å². The second-order valence-electron chi connectivity index (χ2n) is 6.34. The lowest BCUT2D eigenvalue weighted by Gasteiger charge is -2.34. The minimum atomic E-state index is -0.0398. The van der Waals surface area contributed by atoms with Gasteiger partial charge in [-0.3, -0.25) is 4.99 Å². The molecule has 0 aliphatic carbocycles. The molecule has 2 N–H and O–H groups in total. The summed E-state index contributed by atoms with van der Waals surface area (Å²) in [5.41, 5.74) is 4.38. The van der Waals surface area contributed by atoms with Crippen molar-refractivity contribution in [3.63, 3.8) is 0 Å². The third-order valence-corrected chi connectivity index (χ3v) is 5.01. The average molecular weight is 326 g/mol. The van der Waals surface area contributed by atoms with Gasteiger partial charge < -0.3 is 10.6 Å². The topological polar surface area (TPSA) is 36.4 Å². The number of hydrogen-bond donors (Lipinski definition) is 2. The molecule has 0 saturated carbocycles. The summed E-state index contributed by atoms with van der Waals surface area (Å²) in [5.74, 6) is 0. The van der Waals surface area contributed by atoms with Crippen LogP contribution in [0, 0.1) is 0 Å². The van der Waals surface area contributed by atoms with Gasteiger partial charge >= 0.3 is 0 Å². The van der Waals surface area contributed by atoms with Gasteiger partial charge in [-0.2, -0.15) is 0 Å². The molecule has 2 aliphatic rings. The molecular weight excluding hydrogens is 306 g/mol. The predicted molar refractivity (Wildman–Crippen MR) is 96.9 cm³/mol. The van der Waals surface area contributed by atoms with Crippen LogP contribution in [0.15, 0.2) is 53.5 Å². The van der Waals surface area contributed by atoms with Crippen molar-refractivity contribution in [1.82, 2.24) is 5.32 Å². The van der Waals surface area contributed by atoms with Crippen LogP contribution in [0.5, 0.6) is 0 Å². The van der Waals surface area contributed by atoms with E-state index in [0.717, 1.165) is 60.0 Å². The molecule has 118 valence electrons. The largest absolute Gasteiger partial charge is 0.382 e. The first-order valence-electron chi connectivity index (χ1n) is 8.16. The van der Waals surface area contributed by atoms with E-state index in [0.29, 0.717) is 0 Å². The minimum absolute atomic E-state index is 0.0398. The van der Waals surface area contributed by atoms with E-state index in [1.807, 2.05) is 18.2 Å². The van der Waals surface area contributed by atoms with Gasteiger partial charge in [-0.05, 0) is 44.1 Å². The van der Waals surface area contributed by atoms with Crippen LogP contribution in [-0.2, 0) is 0 Å². The fourth-order valence-corrected chi connectivity index (χ4v) is 3.63. The molecule has 2 aromatic rings. The summed E-state index contributed by atoms with van der Waals surface area (Å²) in [5, 5.41) is 7.80. The lowest BCUT2D eigenvalue weighted by Crippen LogP contribution is -2.45. The quantitative estimate of drug-likeness (QED) is 0.838. The summed E-state index contributed by atoms with van der Waals surface area (Å²) in [6, 6.07) is 16.5. The first-order chi connectivity index (χ1) is 11.3. The number of hydrogen-bond acceptors (Lipinski definition) is 3. The maximum atomic E-state index is 6.27. The molecule has 2 heterocycles. The molecule has 2 aliphatic heterocycles. The summed E-state index contributed by atoms with van der Waals surface area (Å²) >= 11 is 6.27. The predicted octanol–water partition coefficient (Wildman–Crippen LogP) is 3.73. The highest BCUT2D eigenvalue weighted by Gasteiger charge is 2.34. The molecule has 2 aromatic carbocycles. The van der Waals surface area contributed by atoms with Gasteiger partial charge in [-0.15, -0.1) is 0 Å². The number of nitrogens with one attached hydrogen (secondary N) is 2. The number of piperidine rings is 1. The zero-order valence-electron chi connectivity index (χ0n) is 13.0. The van der Waals surface area contributed by atoms with Crippen LogP contribution in [0.3, 0.4) is 0 Å². The molecule has 0 bridgehead atoms. The summed E-state index contributed by atoms with van der Waals surface area (Å²) in [4.78, 5) is 5.27. The molecule has 0 radical (unpaired) electrons. The Kier molecular flexibility index (Phi) is 3.83. The van der Waals surface area contributed by atoms with Gasteiger partial charge in [0.1, 0.15) is 0 Å². The van der Waals surface area contributed by atoms with Crippen LogP contribution < -0.4 is 10.6 Å². The van der Waals surface area contributed by atoms with Crippen molar-refractivity contribution < 1.29 is 0 Å². The van der Waals surface area contributed by atoms with E-state index in [2.05, 4.69) is 41.0 Å². The molecule has 1 spiro atoms. The highest BCUT2D eigenvalue weighted by Crippen LogP contribution is 2.33. The number of benzene rings is 2. The van der Waals surface area contributed by atoms with Crippen molar-refractivity contribution in [2.75, 3.05) is 25.0 Å². The number of anilines is 1. The van der Waals surface area contributed by atoms with Crippen LogP contribution in [0.25, 0.3) is 0 Å². The third kappa shape index (κ3) is 2.87. The Labute approximate surface area is 141 Å². The average Bonchev–Trinajstić information content (AvgIpc) is 2.74. The van der Waals surface area contributed by atoms with E-state index in [4.69, 9.17) is 16.6 Å². The van der Waals surface area contributed by atoms with Crippen molar-refractivity contribution in [3.05, 3.63) is 64.7 Å². The van der Waals surface area contributed by atoms with Crippen molar-refractivity contribution in [2.45, 2.75) is 18.4 Å². The monoisotopic (exact) mass is 325 g/mol. The Morgan fingerprint density at radius 1 is 1.00 bits per heavy atom. The van der Waals surface area contributed by atoms with Crippen LogP contribution in [0.1, 0.15) is 24.0 Å². The summed E-state index contributed by atoms with van der Waals surface area (Å²) in [7, 11) is 0. The highest BCUT2D eigenvalue weighted by molar-refractivity contribution is 6.31. The normalized spacial score (nSPS) is 19.4. The molecule has 1 fully saturated rings. The Balaban J connectivity index is 1.89. The fourth-order valence-electron chi connectivity index (χ4n) is 3.46. The van der Waals surface area contributed by atoms with Crippen molar-refractivity contribution in [1.29, 1.82) is 0 Å². The van der Waals surface area contributed by atoms with Crippen LogP contribution in [-0.4, -0.2) is 30.9 Å². The minimum Gasteiger partial charge on any atom is -0.382 e. The van der Waals surface area contributed by atoms with E-state index in [1.54, 1.807) is 0 Å². The summed E-state index contributed by atoms with van der Waals surface area (Å²) in [6.07, 6.45) is 2.11. The standard InChI is InChI=1S/C19H20ClN3/c20-15-6-7-17-16(12-15)18(14-4-2-1-3-5-14)23-19(13-22-17)8-10-21-11-9-19/h1-7,12,21-22H,8-11,13H2. The fraction of sp³-hybridized carbons (Fsp3) is 0.316. The molecule has 23 heavy (non-hydrogen) atoms. The van der Waals surface area contributed by atoms with E-state index in [1.165, 1.54) is 0 Å². The zero-order valence-corrected chi connectivity index (χ0v) is 13.7. The smallest absolute Gasteiger partial charge is 0.0811 e. The van der Waals surface area contributed by atoms with Crippen molar-refractivity contribution in [2.24, 2.45) is 4.99 Å². The number of halogens is 1. The molecule has 4 rings (SSSR count). The second kappa shape index (κ2) is 5.99. The highest BCUT2D eigenvalue weighted by atomic mass is 35.5. The van der Waals surface area contributed by atoms with E-state index >= 15 is 0 Å². The first-order valence-corrected chi connectivity index (χ1v) is 8.53. The Bertz CT molecular complexity index is 734. The molecule has 1 saturated heterocycles. The van der Waals surface area contributed by atoms with Gasteiger partial charge in [-0.1, -0.05) is 41.9 Å². The van der Waals surface area contributed by atoms with Gasteiger partial charge in [0.05, 0.1) is 11.3 Å². The van der Waals surface area contributed by atoms with Crippen LogP contribution in [0.4, 0.5) is 5.69 Å². The molecule has 0 atom stereocenters. The lowest BCUT2D eigenvalue weighted by atomic mass is 9.88. The van der Waals surface area contributed by atoms with Gasteiger partial charge in [-0.25, -0.2) is 0 Å². The number of aliphatic imine (C=N–C) groups is 1. The summed E-state index contributed by atoms with van der Waals surface area (Å²) < 4.78 is 0. The Morgan fingerprint density at radius 2 is 1.78 bits per heavy atom.